The van der Waals surface area contributed by atoms with Crippen LogP contribution in [0.1, 0.15) is 78.1 Å². The van der Waals surface area contributed by atoms with Crippen molar-refractivity contribution in [2.24, 2.45) is 34.5 Å². The molecule has 2 nitrogen and oxygen atoms in total. The molecule has 0 bridgehead atoms. The molecule has 2 heteroatoms. The van der Waals surface area contributed by atoms with E-state index in [2.05, 4.69) is 19.9 Å². The molecule has 0 amide bonds. The van der Waals surface area contributed by atoms with Crippen molar-refractivity contribution in [2.45, 2.75) is 83.7 Å². The van der Waals surface area contributed by atoms with E-state index in [1.807, 2.05) is 0 Å². The molecule has 0 aliphatic heterocycles. The van der Waals surface area contributed by atoms with E-state index in [-0.39, 0.29) is 5.41 Å². The van der Waals surface area contributed by atoms with Crippen LogP contribution in [0.15, 0.2) is 0 Å². The van der Waals surface area contributed by atoms with E-state index < -0.39 is 5.60 Å². The Morgan fingerprint density at radius 3 is 2.45 bits per heavy atom. The quantitative estimate of drug-likeness (QED) is 0.661. The van der Waals surface area contributed by atoms with E-state index in [4.69, 9.17) is 0 Å². The third kappa shape index (κ3) is 1.70. The van der Waals surface area contributed by atoms with Gasteiger partial charge in [0.15, 0.2) is 5.60 Å². The van der Waals surface area contributed by atoms with Crippen LogP contribution in [0.5, 0.6) is 0 Å². The second kappa shape index (κ2) is 4.73. The van der Waals surface area contributed by atoms with Gasteiger partial charge in [-0.2, -0.15) is 5.26 Å². The van der Waals surface area contributed by atoms with Gasteiger partial charge < -0.3 is 5.11 Å². The summed E-state index contributed by atoms with van der Waals surface area (Å²) in [7, 11) is 0. The van der Waals surface area contributed by atoms with Crippen LogP contribution in [0.25, 0.3) is 0 Å². The Balaban J connectivity index is 1.67. The Hall–Kier alpha value is -0.550. The Labute approximate surface area is 135 Å². The molecule has 4 saturated carbocycles. The number of hydrogen-bond acceptors (Lipinski definition) is 2. The van der Waals surface area contributed by atoms with Gasteiger partial charge >= 0.3 is 0 Å². The molecule has 122 valence electrons. The molecule has 0 aromatic carbocycles. The lowest BCUT2D eigenvalue weighted by Gasteiger charge is -2.60. The maximum absolute atomic E-state index is 10.9. The molecule has 0 heterocycles. The topological polar surface area (TPSA) is 44.0 Å². The summed E-state index contributed by atoms with van der Waals surface area (Å²) >= 11 is 0. The second-order valence-electron chi connectivity index (χ2n) is 9.37. The van der Waals surface area contributed by atoms with Gasteiger partial charge in [-0.25, -0.2) is 0 Å². The number of nitrogens with zero attached hydrogens (tertiary/aromatic N) is 1. The molecule has 4 rings (SSSR count). The first-order valence-electron chi connectivity index (χ1n) is 9.58. The van der Waals surface area contributed by atoms with Crippen molar-refractivity contribution in [2.75, 3.05) is 0 Å². The average Bonchev–Trinajstić information content (AvgIpc) is 2.79. The lowest BCUT2D eigenvalue weighted by Crippen LogP contribution is -2.55. The zero-order valence-electron chi connectivity index (χ0n) is 14.3. The molecule has 4 aliphatic carbocycles. The fraction of sp³-hybridized carbons (Fsp3) is 0.950. The molecule has 4 aliphatic rings. The first-order valence-corrected chi connectivity index (χ1v) is 9.58. The van der Waals surface area contributed by atoms with E-state index in [1.165, 1.54) is 44.9 Å². The summed E-state index contributed by atoms with van der Waals surface area (Å²) in [5, 5.41) is 20.4. The third-order valence-corrected chi connectivity index (χ3v) is 8.92. The van der Waals surface area contributed by atoms with Crippen LogP contribution in [0, 0.1) is 45.8 Å². The first kappa shape index (κ1) is 15.0. The number of hydrogen-bond donors (Lipinski definition) is 1. The minimum atomic E-state index is -1.06. The summed E-state index contributed by atoms with van der Waals surface area (Å²) < 4.78 is 0. The molecule has 0 aromatic rings. The smallest absolute Gasteiger partial charge is 0.156 e. The second-order valence-corrected chi connectivity index (χ2v) is 9.37. The van der Waals surface area contributed by atoms with Crippen LogP contribution in [0.4, 0.5) is 0 Å². The van der Waals surface area contributed by atoms with Gasteiger partial charge in [-0.3, -0.25) is 0 Å². The third-order valence-electron chi connectivity index (χ3n) is 8.92. The zero-order chi connectivity index (χ0) is 15.6. The largest absolute Gasteiger partial charge is 0.375 e. The number of rotatable bonds is 0. The van der Waals surface area contributed by atoms with Gasteiger partial charge in [-0.1, -0.05) is 26.7 Å². The predicted molar refractivity (Wildman–Crippen MR) is 86.9 cm³/mol. The maximum Gasteiger partial charge on any atom is 0.156 e. The van der Waals surface area contributed by atoms with Crippen molar-refractivity contribution in [3.05, 3.63) is 0 Å². The Morgan fingerprint density at radius 2 is 1.68 bits per heavy atom. The summed E-state index contributed by atoms with van der Waals surface area (Å²) in [4.78, 5) is 0. The lowest BCUT2D eigenvalue weighted by molar-refractivity contribution is -0.135. The number of nitriles is 1. The highest BCUT2D eigenvalue weighted by atomic mass is 16.3. The number of fused-ring (bicyclic) bond motifs is 5. The average molecular weight is 301 g/mol. The predicted octanol–water partition coefficient (Wildman–Crippen LogP) is 4.67. The van der Waals surface area contributed by atoms with Gasteiger partial charge in [0.25, 0.3) is 0 Å². The van der Waals surface area contributed by atoms with Crippen molar-refractivity contribution in [3.63, 3.8) is 0 Å². The molecule has 0 saturated heterocycles. The lowest BCUT2D eigenvalue weighted by atomic mass is 9.44. The summed E-state index contributed by atoms with van der Waals surface area (Å²) in [6.45, 7) is 4.81. The Kier molecular flexibility index (Phi) is 3.22. The van der Waals surface area contributed by atoms with E-state index >= 15 is 0 Å². The minimum absolute atomic E-state index is 0.152. The molecule has 1 N–H and O–H groups in total. The fourth-order valence-electron chi connectivity index (χ4n) is 7.49. The van der Waals surface area contributed by atoms with Crippen LogP contribution in [-0.4, -0.2) is 10.7 Å². The monoisotopic (exact) mass is 301 g/mol. The van der Waals surface area contributed by atoms with Gasteiger partial charge in [-0.15, -0.1) is 0 Å². The van der Waals surface area contributed by atoms with Gasteiger partial charge in [0.1, 0.15) is 0 Å². The Bertz CT molecular complexity index is 510. The molecular weight excluding hydrogens is 270 g/mol. The zero-order valence-corrected chi connectivity index (χ0v) is 14.3. The summed E-state index contributed by atoms with van der Waals surface area (Å²) in [6.07, 6.45) is 12.6. The summed E-state index contributed by atoms with van der Waals surface area (Å²) in [6, 6.07) is 2.30. The molecular formula is C20H31NO. The van der Waals surface area contributed by atoms with E-state index in [9.17, 15) is 10.4 Å². The minimum Gasteiger partial charge on any atom is -0.375 e. The maximum atomic E-state index is 10.9. The molecule has 4 unspecified atom stereocenters. The van der Waals surface area contributed by atoms with Crippen molar-refractivity contribution >= 4 is 0 Å². The van der Waals surface area contributed by atoms with Crippen molar-refractivity contribution in [1.82, 2.24) is 0 Å². The normalized spacial score (nSPS) is 57.4. The van der Waals surface area contributed by atoms with E-state index in [0.29, 0.717) is 17.8 Å². The highest BCUT2D eigenvalue weighted by Crippen LogP contribution is 2.68. The van der Waals surface area contributed by atoms with E-state index in [0.717, 1.165) is 30.6 Å². The molecule has 0 radical (unpaired) electrons. The van der Waals surface area contributed by atoms with Gasteiger partial charge in [-0.05, 0) is 80.5 Å². The highest BCUT2D eigenvalue weighted by molar-refractivity contribution is 5.20. The van der Waals surface area contributed by atoms with Crippen molar-refractivity contribution in [3.8, 4) is 6.07 Å². The van der Waals surface area contributed by atoms with E-state index in [1.54, 1.807) is 0 Å². The molecule has 7 atom stereocenters. The highest BCUT2D eigenvalue weighted by Gasteiger charge is 2.64. The SMILES string of the molecule is C[C@]12CCCCC1CCC1C2CC[C@@]2(C)C1CC[C@@]2(O)C#N. The summed E-state index contributed by atoms with van der Waals surface area (Å²) in [5.41, 5.74) is -0.663. The molecule has 0 aromatic heterocycles. The standard InChI is InChI=1S/C20H31NO/c1-18-10-4-3-5-14(18)6-7-15-16(18)8-11-19(2)17(15)9-12-20(19,22)13-21/h14-17,22H,3-12H2,1-2H3/t14?,15?,16?,17?,18-,19-,20+/m0/s1. The van der Waals surface area contributed by atoms with Crippen molar-refractivity contribution < 1.29 is 5.11 Å². The van der Waals surface area contributed by atoms with Gasteiger partial charge in [0.05, 0.1) is 6.07 Å². The van der Waals surface area contributed by atoms with Crippen LogP contribution in [0.2, 0.25) is 0 Å². The van der Waals surface area contributed by atoms with Crippen LogP contribution in [-0.2, 0) is 0 Å². The van der Waals surface area contributed by atoms with Crippen LogP contribution < -0.4 is 0 Å². The molecule has 4 fully saturated rings. The summed E-state index contributed by atoms with van der Waals surface area (Å²) in [5.74, 6) is 3.14. The van der Waals surface area contributed by atoms with Crippen LogP contribution >= 0.6 is 0 Å². The van der Waals surface area contributed by atoms with Gasteiger partial charge in [0.2, 0.25) is 0 Å². The van der Waals surface area contributed by atoms with Crippen LogP contribution in [0.3, 0.4) is 0 Å². The Morgan fingerprint density at radius 1 is 0.909 bits per heavy atom. The van der Waals surface area contributed by atoms with Gasteiger partial charge in [0, 0.05) is 5.41 Å². The van der Waals surface area contributed by atoms with Crippen molar-refractivity contribution in [1.29, 1.82) is 5.26 Å². The molecule has 0 spiro atoms. The fourth-order valence-corrected chi connectivity index (χ4v) is 7.49. The number of aliphatic hydroxyl groups is 1. The molecule has 22 heavy (non-hydrogen) atoms. The first-order chi connectivity index (χ1) is 10.4.